The molecule has 1 saturated heterocycles. The molecule has 0 radical (unpaired) electrons. The van der Waals surface area contributed by atoms with Crippen LogP contribution in [0.25, 0.3) is 0 Å². The third-order valence-corrected chi connectivity index (χ3v) is 2.98. The Morgan fingerprint density at radius 1 is 1.29 bits per heavy atom. The lowest BCUT2D eigenvalue weighted by molar-refractivity contribution is -0.185. The molecule has 0 saturated carbocycles. The Morgan fingerprint density at radius 2 is 1.88 bits per heavy atom. The summed E-state index contributed by atoms with van der Waals surface area (Å²) in [6, 6.07) is 8.48. The minimum Gasteiger partial charge on any atom is -0.454 e. The molecule has 2 rings (SSSR count). The number of ether oxygens (including phenoxy) is 1. The lowest BCUT2D eigenvalue weighted by Crippen LogP contribution is -2.27. The number of esters is 1. The topological polar surface area (TPSA) is 26.3 Å². The fourth-order valence-electron chi connectivity index (χ4n) is 2.02. The van der Waals surface area contributed by atoms with Crippen molar-refractivity contribution < 1.29 is 22.7 Å². The summed E-state index contributed by atoms with van der Waals surface area (Å²) in [6.45, 7) is 1.51. The van der Waals surface area contributed by atoms with Gasteiger partial charge in [-0.2, -0.15) is 13.2 Å². The van der Waals surface area contributed by atoms with Gasteiger partial charge in [0, 0.05) is 6.42 Å². The van der Waals surface area contributed by atoms with Gasteiger partial charge in [-0.15, -0.1) is 0 Å². The van der Waals surface area contributed by atoms with E-state index < -0.39 is 23.7 Å². The Balaban J connectivity index is 2.29. The molecule has 1 fully saturated rings. The molecule has 92 valence electrons. The summed E-state index contributed by atoms with van der Waals surface area (Å²) in [4.78, 5) is 11.3. The Hall–Kier alpha value is -1.52. The molecule has 1 heterocycles. The number of rotatable bonds is 1. The minimum absolute atomic E-state index is 0.362. The van der Waals surface area contributed by atoms with E-state index in [9.17, 15) is 18.0 Å². The molecule has 0 unspecified atom stereocenters. The third-order valence-electron chi connectivity index (χ3n) is 2.98. The summed E-state index contributed by atoms with van der Waals surface area (Å²) in [6.07, 6.45) is -4.90. The van der Waals surface area contributed by atoms with Crippen molar-refractivity contribution in [1.29, 1.82) is 0 Å². The van der Waals surface area contributed by atoms with Gasteiger partial charge in [0.2, 0.25) is 0 Å². The predicted octanol–water partition coefficient (Wildman–Crippen LogP) is 3.03. The number of cyclic esters (lactones) is 1. The quantitative estimate of drug-likeness (QED) is 0.710. The van der Waals surface area contributed by atoms with E-state index in [-0.39, 0.29) is 6.42 Å². The number of hydrogen-bond donors (Lipinski definition) is 0. The maximum atomic E-state index is 12.6. The Bertz CT molecular complexity index is 427. The molecule has 1 aromatic rings. The summed E-state index contributed by atoms with van der Waals surface area (Å²) in [7, 11) is 0. The number of alkyl halides is 3. The normalized spacial score (nSPS) is 29.2. The van der Waals surface area contributed by atoms with E-state index >= 15 is 0 Å². The average Bonchev–Trinajstić information content (AvgIpc) is 2.57. The summed E-state index contributed by atoms with van der Waals surface area (Å²) in [5, 5.41) is 0. The van der Waals surface area contributed by atoms with E-state index in [1.807, 2.05) is 0 Å². The monoisotopic (exact) mass is 244 g/mol. The number of hydrogen-bond acceptors (Lipinski definition) is 2. The van der Waals surface area contributed by atoms with Crippen molar-refractivity contribution in [1.82, 2.24) is 0 Å². The zero-order valence-corrected chi connectivity index (χ0v) is 9.12. The molecule has 0 spiro atoms. The van der Waals surface area contributed by atoms with Gasteiger partial charge in [-0.1, -0.05) is 30.3 Å². The fraction of sp³-hybridized carbons (Fsp3) is 0.417. The lowest BCUT2D eigenvalue weighted by atomic mass is 9.89. The summed E-state index contributed by atoms with van der Waals surface area (Å²) >= 11 is 0. The van der Waals surface area contributed by atoms with Gasteiger partial charge in [-0.25, -0.2) is 0 Å². The highest BCUT2D eigenvalue weighted by Gasteiger charge is 2.56. The highest BCUT2D eigenvalue weighted by Crippen LogP contribution is 2.45. The zero-order valence-electron chi connectivity index (χ0n) is 9.12. The van der Waals surface area contributed by atoms with Crippen LogP contribution in [-0.4, -0.2) is 12.1 Å². The minimum atomic E-state index is -4.54. The van der Waals surface area contributed by atoms with Crippen molar-refractivity contribution >= 4 is 5.97 Å². The number of benzene rings is 1. The highest BCUT2D eigenvalue weighted by atomic mass is 19.4. The Labute approximate surface area is 96.4 Å². The summed E-state index contributed by atoms with van der Waals surface area (Å²) in [5.74, 6) is -3.21. The van der Waals surface area contributed by atoms with Crippen molar-refractivity contribution in [2.75, 3.05) is 0 Å². The first-order chi connectivity index (χ1) is 7.83. The molecule has 1 aromatic carbocycles. The van der Waals surface area contributed by atoms with Crippen LogP contribution in [0.1, 0.15) is 18.9 Å². The van der Waals surface area contributed by atoms with Crippen molar-refractivity contribution in [3.63, 3.8) is 0 Å². The smallest absolute Gasteiger partial charge is 0.402 e. The summed E-state index contributed by atoms with van der Waals surface area (Å²) < 4.78 is 42.6. The maximum absolute atomic E-state index is 12.6. The third kappa shape index (κ3) is 2.14. The van der Waals surface area contributed by atoms with Crippen LogP contribution in [0.2, 0.25) is 0 Å². The first-order valence-corrected chi connectivity index (χ1v) is 5.18. The molecule has 17 heavy (non-hydrogen) atoms. The molecule has 5 heteroatoms. The Morgan fingerprint density at radius 3 is 2.35 bits per heavy atom. The van der Waals surface area contributed by atoms with E-state index in [2.05, 4.69) is 0 Å². The Kier molecular flexibility index (Phi) is 2.64. The second kappa shape index (κ2) is 3.75. The average molecular weight is 244 g/mol. The first kappa shape index (κ1) is 12.0. The van der Waals surface area contributed by atoms with E-state index in [0.717, 1.165) is 0 Å². The van der Waals surface area contributed by atoms with Crippen molar-refractivity contribution in [2.24, 2.45) is 5.92 Å². The molecule has 0 amide bonds. The van der Waals surface area contributed by atoms with Crippen LogP contribution in [-0.2, 0) is 15.1 Å². The summed E-state index contributed by atoms with van der Waals surface area (Å²) in [5.41, 5.74) is -0.599. The highest BCUT2D eigenvalue weighted by molar-refractivity contribution is 5.76. The van der Waals surface area contributed by atoms with Gasteiger partial charge in [-0.05, 0) is 12.5 Å². The van der Waals surface area contributed by atoms with Gasteiger partial charge in [0.05, 0.1) is 0 Å². The molecule has 1 aliphatic heterocycles. The van der Waals surface area contributed by atoms with Crippen LogP contribution >= 0.6 is 0 Å². The van der Waals surface area contributed by atoms with Crippen LogP contribution in [0, 0.1) is 5.92 Å². The maximum Gasteiger partial charge on any atom is 0.402 e. The molecular formula is C12H11F3O2. The molecule has 0 aromatic heterocycles. The number of halogens is 3. The van der Waals surface area contributed by atoms with E-state index in [4.69, 9.17) is 4.74 Å². The predicted molar refractivity (Wildman–Crippen MR) is 54.0 cm³/mol. The van der Waals surface area contributed by atoms with Gasteiger partial charge >= 0.3 is 12.1 Å². The van der Waals surface area contributed by atoms with E-state index in [0.29, 0.717) is 5.56 Å². The number of carbonyl (C=O) groups is 1. The van der Waals surface area contributed by atoms with Crippen molar-refractivity contribution in [2.45, 2.75) is 25.1 Å². The van der Waals surface area contributed by atoms with Gasteiger partial charge in [0.25, 0.3) is 0 Å². The van der Waals surface area contributed by atoms with Crippen LogP contribution in [0.15, 0.2) is 30.3 Å². The number of carbonyl (C=O) groups excluding carboxylic acids is 1. The zero-order chi connectivity index (χ0) is 12.7. The van der Waals surface area contributed by atoms with Gasteiger partial charge in [-0.3, -0.25) is 4.79 Å². The second-order valence-electron chi connectivity index (χ2n) is 4.32. The SMILES string of the molecule is C[C@@]1(c2ccccc2)C[C@@H](C(F)(F)F)C(=O)O1. The molecular weight excluding hydrogens is 233 g/mol. The molecule has 0 aliphatic carbocycles. The van der Waals surface area contributed by atoms with Gasteiger partial charge in [0.1, 0.15) is 5.60 Å². The van der Waals surface area contributed by atoms with Crippen molar-refractivity contribution in [3.05, 3.63) is 35.9 Å². The van der Waals surface area contributed by atoms with Crippen LogP contribution < -0.4 is 0 Å². The molecule has 2 nitrogen and oxygen atoms in total. The van der Waals surface area contributed by atoms with E-state index in [1.165, 1.54) is 6.92 Å². The largest absolute Gasteiger partial charge is 0.454 e. The first-order valence-electron chi connectivity index (χ1n) is 5.18. The van der Waals surface area contributed by atoms with Gasteiger partial charge < -0.3 is 4.74 Å². The van der Waals surface area contributed by atoms with Crippen molar-refractivity contribution in [3.8, 4) is 0 Å². The molecule has 2 atom stereocenters. The van der Waals surface area contributed by atoms with E-state index in [1.54, 1.807) is 30.3 Å². The second-order valence-corrected chi connectivity index (χ2v) is 4.32. The fourth-order valence-corrected chi connectivity index (χ4v) is 2.02. The lowest BCUT2D eigenvalue weighted by Gasteiger charge is -2.23. The van der Waals surface area contributed by atoms with Gasteiger partial charge in [0.15, 0.2) is 5.92 Å². The molecule has 1 aliphatic rings. The van der Waals surface area contributed by atoms with Crippen LogP contribution in [0.3, 0.4) is 0 Å². The molecule has 0 bridgehead atoms. The standard InChI is InChI=1S/C12H11F3O2/c1-11(8-5-3-2-4-6-8)7-9(10(16)17-11)12(13,14)15/h2-6,9H,7H2,1H3/t9-,11+/m1/s1. The van der Waals surface area contributed by atoms with Crippen LogP contribution in [0.5, 0.6) is 0 Å². The van der Waals surface area contributed by atoms with Crippen LogP contribution in [0.4, 0.5) is 13.2 Å². The molecule has 0 N–H and O–H groups in total.